The number of unbranched alkanes of at least 4 members (excludes halogenated alkanes) is 1. The largest absolute Gasteiger partial charge is 0.347 e. The number of aromatic nitrogens is 1. The summed E-state index contributed by atoms with van der Waals surface area (Å²) in [4.78, 5) is 0. The minimum absolute atomic E-state index is 0.609. The van der Waals surface area contributed by atoms with Crippen LogP contribution in [0, 0.1) is 0 Å². The van der Waals surface area contributed by atoms with Crippen LogP contribution in [0.1, 0.15) is 24.0 Å². The van der Waals surface area contributed by atoms with Gasteiger partial charge in [-0.1, -0.05) is 48.5 Å². The zero-order valence-electron chi connectivity index (χ0n) is 12.3. The maximum atomic E-state index is 5.85. The number of nitrogens with two attached hydrogens (primary N) is 1. The topological polar surface area (TPSA) is 30.9 Å². The summed E-state index contributed by atoms with van der Waals surface area (Å²) in [5, 5.41) is 1.29. The smallest absolute Gasteiger partial charge is 0.0483 e. The van der Waals surface area contributed by atoms with Crippen molar-refractivity contribution >= 4 is 10.9 Å². The number of hydrogen-bond acceptors (Lipinski definition) is 1. The van der Waals surface area contributed by atoms with Crippen molar-refractivity contribution in [3.05, 3.63) is 71.9 Å². The summed E-state index contributed by atoms with van der Waals surface area (Å²) in [6, 6.07) is 19.2. The molecule has 3 rings (SSSR count). The average molecular weight is 278 g/mol. The Kier molecular flexibility index (Phi) is 4.37. The molecule has 0 unspecified atom stereocenters. The fraction of sp³-hybridized carbons (Fsp3) is 0.263. The van der Waals surface area contributed by atoms with E-state index in [1.54, 1.807) is 0 Å². The van der Waals surface area contributed by atoms with Crippen molar-refractivity contribution in [2.75, 3.05) is 0 Å². The Morgan fingerprint density at radius 1 is 0.857 bits per heavy atom. The maximum absolute atomic E-state index is 5.85. The van der Waals surface area contributed by atoms with Gasteiger partial charge < -0.3 is 10.3 Å². The Bertz CT molecular complexity index is 698. The third-order valence-electron chi connectivity index (χ3n) is 4.05. The van der Waals surface area contributed by atoms with Crippen LogP contribution in [0.15, 0.2) is 60.8 Å². The standard InChI is InChI=1S/C19H22N2/c20-14-17-15-21(19-12-5-4-11-18(17)19)13-7-6-10-16-8-2-1-3-9-16/h1-5,8-9,11-12,15H,6-7,10,13-14,20H2. The van der Waals surface area contributed by atoms with E-state index in [2.05, 4.69) is 65.4 Å². The van der Waals surface area contributed by atoms with Crippen LogP contribution in [0.3, 0.4) is 0 Å². The van der Waals surface area contributed by atoms with E-state index in [0.29, 0.717) is 6.54 Å². The second-order valence-electron chi connectivity index (χ2n) is 5.51. The number of fused-ring (bicyclic) bond motifs is 1. The lowest BCUT2D eigenvalue weighted by Crippen LogP contribution is -1.98. The highest BCUT2D eigenvalue weighted by molar-refractivity contribution is 5.83. The predicted molar refractivity (Wildman–Crippen MR) is 89.2 cm³/mol. The third kappa shape index (κ3) is 3.17. The number of rotatable bonds is 6. The molecular weight excluding hydrogens is 256 g/mol. The highest BCUT2D eigenvalue weighted by Crippen LogP contribution is 2.21. The molecule has 1 heterocycles. The molecule has 2 N–H and O–H groups in total. The molecule has 0 atom stereocenters. The van der Waals surface area contributed by atoms with Crippen LogP contribution < -0.4 is 5.73 Å². The molecule has 2 aromatic carbocycles. The molecule has 0 bridgehead atoms. The minimum atomic E-state index is 0.609. The van der Waals surface area contributed by atoms with Gasteiger partial charge in [-0.3, -0.25) is 0 Å². The summed E-state index contributed by atoms with van der Waals surface area (Å²) < 4.78 is 2.35. The summed E-state index contributed by atoms with van der Waals surface area (Å²) >= 11 is 0. The molecule has 21 heavy (non-hydrogen) atoms. The molecule has 0 radical (unpaired) electrons. The molecule has 0 saturated carbocycles. The Labute approximate surface area is 126 Å². The van der Waals surface area contributed by atoms with E-state index in [-0.39, 0.29) is 0 Å². The molecular formula is C19H22N2. The summed E-state index contributed by atoms with van der Waals surface area (Å²) in [5.41, 5.74) is 9.82. The van der Waals surface area contributed by atoms with Gasteiger partial charge in [0, 0.05) is 30.2 Å². The Hall–Kier alpha value is -2.06. The van der Waals surface area contributed by atoms with Crippen LogP contribution >= 0.6 is 0 Å². The number of aryl methyl sites for hydroxylation is 2. The van der Waals surface area contributed by atoms with Crippen LogP contribution in [0.4, 0.5) is 0 Å². The SMILES string of the molecule is NCc1cn(CCCCc2ccccc2)c2ccccc12. The first-order valence-electron chi connectivity index (χ1n) is 7.69. The summed E-state index contributed by atoms with van der Waals surface area (Å²) in [6.07, 6.45) is 5.78. The molecule has 1 aromatic heterocycles. The predicted octanol–water partition coefficient (Wildman–Crippen LogP) is 4.12. The molecule has 0 amide bonds. The zero-order valence-corrected chi connectivity index (χ0v) is 12.3. The fourth-order valence-corrected chi connectivity index (χ4v) is 2.93. The van der Waals surface area contributed by atoms with Gasteiger partial charge >= 0.3 is 0 Å². The van der Waals surface area contributed by atoms with Gasteiger partial charge in [0.25, 0.3) is 0 Å². The van der Waals surface area contributed by atoms with E-state index >= 15 is 0 Å². The van der Waals surface area contributed by atoms with Crippen molar-refractivity contribution in [1.82, 2.24) is 4.57 Å². The van der Waals surface area contributed by atoms with E-state index in [1.807, 2.05) is 0 Å². The van der Waals surface area contributed by atoms with Crippen molar-refractivity contribution < 1.29 is 0 Å². The maximum Gasteiger partial charge on any atom is 0.0483 e. The number of para-hydroxylation sites is 1. The van der Waals surface area contributed by atoms with Crippen LogP contribution in [-0.4, -0.2) is 4.57 Å². The fourth-order valence-electron chi connectivity index (χ4n) is 2.93. The van der Waals surface area contributed by atoms with Gasteiger partial charge in [-0.2, -0.15) is 0 Å². The summed E-state index contributed by atoms with van der Waals surface area (Å²) in [6.45, 7) is 1.67. The number of benzene rings is 2. The molecule has 0 saturated heterocycles. The van der Waals surface area contributed by atoms with Gasteiger partial charge in [0.15, 0.2) is 0 Å². The third-order valence-corrected chi connectivity index (χ3v) is 4.05. The Morgan fingerprint density at radius 3 is 2.43 bits per heavy atom. The Balaban J connectivity index is 1.63. The van der Waals surface area contributed by atoms with Crippen molar-refractivity contribution in [3.8, 4) is 0 Å². The quantitative estimate of drug-likeness (QED) is 0.675. The molecule has 3 aromatic rings. The average Bonchev–Trinajstić information content (AvgIpc) is 2.91. The van der Waals surface area contributed by atoms with Gasteiger partial charge in [0.1, 0.15) is 0 Å². The van der Waals surface area contributed by atoms with Crippen molar-refractivity contribution in [2.24, 2.45) is 5.73 Å². The molecule has 0 aliphatic heterocycles. The van der Waals surface area contributed by atoms with Crippen molar-refractivity contribution in [1.29, 1.82) is 0 Å². The highest BCUT2D eigenvalue weighted by Gasteiger charge is 2.06. The van der Waals surface area contributed by atoms with Gasteiger partial charge in [-0.25, -0.2) is 0 Å². The Morgan fingerprint density at radius 2 is 1.62 bits per heavy atom. The lowest BCUT2D eigenvalue weighted by Gasteiger charge is -2.05. The van der Waals surface area contributed by atoms with Gasteiger partial charge in [-0.05, 0) is 36.5 Å². The lowest BCUT2D eigenvalue weighted by atomic mass is 10.1. The van der Waals surface area contributed by atoms with Gasteiger partial charge in [0.05, 0.1) is 0 Å². The molecule has 2 nitrogen and oxygen atoms in total. The van der Waals surface area contributed by atoms with E-state index < -0.39 is 0 Å². The van der Waals surface area contributed by atoms with Crippen LogP contribution in [0.2, 0.25) is 0 Å². The zero-order chi connectivity index (χ0) is 14.5. The van der Waals surface area contributed by atoms with E-state index in [9.17, 15) is 0 Å². The molecule has 0 spiro atoms. The second-order valence-corrected chi connectivity index (χ2v) is 5.51. The lowest BCUT2D eigenvalue weighted by molar-refractivity contribution is 0.623. The van der Waals surface area contributed by atoms with Crippen LogP contribution in [-0.2, 0) is 19.5 Å². The van der Waals surface area contributed by atoms with Crippen molar-refractivity contribution in [2.45, 2.75) is 32.4 Å². The molecule has 2 heteroatoms. The van der Waals surface area contributed by atoms with E-state index in [0.717, 1.165) is 13.0 Å². The van der Waals surface area contributed by atoms with Crippen molar-refractivity contribution in [3.63, 3.8) is 0 Å². The molecule has 0 aliphatic rings. The summed E-state index contributed by atoms with van der Waals surface area (Å²) in [7, 11) is 0. The van der Waals surface area contributed by atoms with E-state index in [1.165, 1.54) is 34.9 Å². The summed E-state index contributed by atoms with van der Waals surface area (Å²) in [5.74, 6) is 0. The number of nitrogens with zero attached hydrogens (tertiary/aromatic N) is 1. The van der Waals surface area contributed by atoms with Crippen LogP contribution in [0.5, 0.6) is 0 Å². The van der Waals surface area contributed by atoms with Crippen LogP contribution in [0.25, 0.3) is 10.9 Å². The first-order valence-corrected chi connectivity index (χ1v) is 7.69. The first-order chi connectivity index (χ1) is 10.4. The van der Waals surface area contributed by atoms with Gasteiger partial charge in [0.2, 0.25) is 0 Å². The minimum Gasteiger partial charge on any atom is -0.347 e. The molecule has 108 valence electrons. The second kappa shape index (κ2) is 6.59. The normalized spacial score (nSPS) is 11.1. The number of hydrogen-bond donors (Lipinski definition) is 1. The monoisotopic (exact) mass is 278 g/mol. The molecule has 0 aliphatic carbocycles. The molecule has 0 fully saturated rings. The highest BCUT2D eigenvalue weighted by atomic mass is 15.0. The van der Waals surface area contributed by atoms with E-state index in [4.69, 9.17) is 5.73 Å². The first kappa shape index (κ1) is 13.9. The van der Waals surface area contributed by atoms with Gasteiger partial charge in [-0.15, -0.1) is 0 Å².